The Bertz CT molecular complexity index is 1430. The lowest BCUT2D eigenvalue weighted by Gasteiger charge is -2.34. The summed E-state index contributed by atoms with van der Waals surface area (Å²) >= 11 is 1.36. The highest BCUT2D eigenvalue weighted by Gasteiger charge is 2.29. The molecule has 2 aromatic heterocycles. The van der Waals surface area contributed by atoms with Crippen molar-refractivity contribution in [2.75, 3.05) is 25.1 Å². The molecule has 1 saturated heterocycles. The summed E-state index contributed by atoms with van der Waals surface area (Å²) in [5, 5.41) is 4.73. The van der Waals surface area contributed by atoms with Gasteiger partial charge in [0.15, 0.2) is 0 Å². The van der Waals surface area contributed by atoms with Crippen molar-refractivity contribution in [2.45, 2.75) is 19.4 Å². The number of thiophene rings is 1. The van der Waals surface area contributed by atoms with Crippen molar-refractivity contribution >= 4 is 33.4 Å². The zero-order valence-electron chi connectivity index (χ0n) is 19.2. The number of carbonyl (C=O) groups excluding carboxylic acids is 1. The first-order valence-corrected chi connectivity index (χ1v) is 12.3. The van der Waals surface area contributed by atoms with E-state index in [2.05, 4.69) is 5.32 Å². The van der Waals surface area contributed by atoms with Gasteiger partial charge in [-0.05, 0) is 42.5 Å². The summed E-state index contributed by atoms with van der Waals surface area (Å²) in [6.45, 7) is 1.22. The number of aromatic nitrogens is 2. The van der Waals surface area contributed by atoms with Crippen LogP contribution in [0.3, 0.4) is 0 Å². The van der Waals surface area contributed by atoms with Crippen molar-refractivity contribution in [1.29, 1.82) is 0 Å². The molecule has 9 heteroatoms. The second-order valence-corrected chi connectivity index (χ2v) is 9.40. The van der Waals surface area contributed by atoms with Gasteiger partial charge in [-0.25, -0.2) is 13.9 Å². The van der Waals surface area contributed by atoms with Crippen molar-refractivity contribution in [3.05, 3.63) is 81.7 Å². The SMILES string of the molecule is COc1cccc(-n2c(N3CCC[C@H](C(=O)NCc4ccccc4F)C3)nc3ccsc3c2=O)c1. The second kappa shape index (κ2) is 9.87. The number of fused-ring (bicyclic) bond motifs is 1. The number of ether oxygens (including phenoxy) is 1. The van der Waals surface area contributed by atoms with E-state index in [1.54, 1.807) is 35.9 Å². The molecule has 180 valence electrons. The summed E-state index contributed by atoms with van der Waals surface area (Å²) in [4.78, 5) is 33.3. The molecule has 0 unspecified atom stereocenters. The summed E-state index contributed by atoms with van der Waals surface area (Å²) in [6, 6.07) is 15.6. The molecule has 7 nitrogen and oxygen atoms in total. The van der Waals surface area contributed by atoms with Crippen molar-refractivity contribution in [1.82, 2.24) is 14.9 Å². The van der Waals surface area contributed by atoms with Gasteiger partial charge in [-0.2, -0.15) is 0 Å². The molecular weight excluding hydrogens is 467 g/mol. The summed E-state index contributed by atoms with van der Waals surface area (Å²) in [5.74, 6) is 0.360. The van der Waals surface area contributed by atoms with Crippen LogP contribution >= 0.6 is 11.3 Å². The topological polar surface area (TPSA) is 76.5 Å². The van der Waals surface area contributed by atoms with Gasteiger partial charge < -0.3 is 15.0 Å². The highest BCUT2D eigenvalue weighted by molar-refractivity contribution is 7.17. The highest BCUT2D eigenvalue weighted by Crippen LogP contribution is 2.27. The van der Waals surface area contributed by atoms with E-state index in [-0.39, 0.29) is 29.7 Å². The van der Waals surface area contributed by atoms with Crippen LogP contribution < -0.4 is 20.5 Å². The Morgan fingerprint density at radius 2 is 2.09 bits per heavy atom. The Balaban J connectivity index is 1.45. The lowest BCUT2D eigenvalue weighted by molar-refractivity contribution is -0.125. The normalized spacial score (nSPS) is 15.8. The molecule has 0 saturated carbocycles. The number of rotatable bonds is 6. The Morgan fingerprint density at radius 1 is 1.23 bits per heavy atom. The number of hydrogen-bond donors (Lipinski definition) is 1. The average Bonchev–Trinajstić information content (AvgIpc) is 3.37. The quantitative estimate of drug-likeness (QED) is 0.438. The van der Waals surface area contributed by atoms with Crippen molar-refractivity contribution in [2.24, 2.45) is 5.92 Å². The summed E-state index contributed by atoms with van der Waals surface area (Å²) < 4.78 is 21.5. The Hall–Kier alpha value is -3.72. The van der Waals surface area contributed by atoms with Crippen molar-refractivity contribution in [3.8, 4) is 11.4 Å². The number of piperidine rings is 1. The van der Waals surface area contributed by atoms with Gasteiger partial charge in [0.25, 0.3) is 5.56 Å². The van der Waals surface area contributed by atoms with Crippen molar-refractivity contribution < 1.29 is 13.9 Å². The minimum Gasteiger partial charge on any atom is -0.497 e. The maximum absolute atomic E-state index is 14.0. The van der Waals surface area contributed by atoms with E-state index in [0.717, 1.165) is 6.42 Å². The van der Waals surface area contributed by atoms with Crippen LogP contribution in [0.4, 0.5) is 10.3 Å². The van der Waals surface area contributed by atoms with Gasteiger partial charge in [0.2, 0.25) is 11.9 Å². The monoisotopic (exact) mass is 492 g/mol. The van der Waals surface area contributed by atoms with Crippen LogP contribution in [0.1, 0.15) is 18.4 Å². The third kappa shape index (κ3) is 4.64. The first kappa shape index (κ1) is 23.0. The minimum absolute atomic E-state index is 0.134. The van der Waals surface area contributed by atoms with Gasteiger partial charge in [-0.15, -0.1) is 11.3 Å². The molecule has 0 bridgehead atoms. The number of nitrogens with zero attached hydrogens (tertiary/aromatic N) is 3. The van der Waals surface area contributed by atoms with E-state index in [9.17, 15) is 14.0 Å². The molecule has 1 amide bonds. The van der Waals surface area contributed by atoms with Gasteiger partial charge in [-0.1, -0.05) is 24.3 Å². The third-order valence-corrected chi connectivity index (χ3v) is 7.15. The second-order valence-electron chi connectivity index (χ2n) is 8.48. The van der Waals surface area contributed by atoms with E-state index in [0.29, 0.717) is 52.7 Å². The van der Waals surface area contributed by atoms with Gasteiger partial charge in [0.1, 0.15) is 16.3 Å². The van der Waals surface area contributed by atoms with Crippen LogP contribution in [0.2, 0.25) is 0 Å². The van der Waals surface area contributed by atoms with E-state index in [1.807, 2.05) is 34.5 Å². The first-order chi connectivity index (χ1) is 17.0. The molecule has 2 aromatic carbocycles. The molecule has 0 aliphatic carbocycles. The molecule has 1 aliphatic heterocycles. The molecule has 1 aliphatic rings. The van der Waals surface area contributed by atoms with Crippen LogP contribution in [0.15, 0.2) is 64.8 Å². The molecule has 1 N–H and O–H groups in total. The zero-order chi connectivity index (χ0) is 24.4. The summed E-state index contributed by atoms with van der Waals surface area (Å²) in [5.41, 5.74) is 1.59. The van der Waals surface area contributed by atoms with Crippen LogP contribution in [-0.2, 0) is 11.3 Å². The van der Waals surface area contributed by atoms with Crippen molar-refractivity contribution in [3.63, 3.8) is 0 Å². The zero-order valence-corrected chi connectivity index (χ0v) is 20.1. The first-order valence-electron chi connectivity index (χ1n) is 11.5. The highest BCUT2D eigenvalue weighted by atomic mass is 32.1. The van der Waals surface area contributed by atoms with E-state index >= 15 is 0 Å². The third-order valence-electron chi connectivity index (χ3n) is 6.26. The fourth-order valence-corrected chi connectivity index (χ4v) is 5.20. The number of carbonyl (C=O) groups is 1. The molecule has 1 atom stereocenters. The molecular formula is C26H25FN4O3S. The lowest BCUT2D eigenvalue weighted by atomic mass is 9.97. The van der Waals surface area contributed by atoms with Crippen LogP contribution in [-0.4, -0.2) is 35.7 Å². The van der Waals surface area contributed by atoms with Gasteiger partial charge in [0.05, 0.1) is 24.2 Å². The molecule has 5 rings (SSSR count). The van der Waals surface area contributed by atoms with Gasteiger partial charge in [0, 0.05) is 31.3 Å². The maximum Gasteiger partial charge on any atom is 0.277 e. The number of amides is 1. The molecule has 1 fully saturated rings. The molecule has 0 spiro atoms. The molecule has 3 heterocycles. The number of methoxy groups -OCH3 is 1. The predicted octanol–water partition coefficient (Wildman–Crippen LogP) is 4.13. The van der Waals surface area contributed by atoms with E-state index in [1.165, 1.54) is 17.4 Å². The number of benzene rings is 2. The predicted molar refractivity (Wildman–Crippen MR) is 135 cm³/mol. The molecule has 0 radical (unpaired) electrons. The summed E-state index contributed by atoms with van der Waals surface area (Å²) in [6.07, 6.45) is 1.48. The number of nitrogens with one attached hydrogen (secondary N) is 1. The summed E-state index contributed by atoms with van der Waals surface area (Å²) in [7, 11) is 1.58. The van der Waals surface area contributed by atoms with Gasteiger partial charge >= 0.3 is 0 Å². The maximum atomic E-state index is 14.0. The number of halogens is 1. The number of hydrogen-bond acceptors (Lipinski definition) is 6. The van der Waals surface area contributed by atoms with Crippen LogP contribution in [0.25, 0.3) is 15.9 Å². The van der Waals surface area contributed by atoms with E-state index < -0.39 is 0 Å². The Kier molecular flexibility index (Phi) is 6.50. The largest absolute Gasteiger partial charge is 0.497 e. The Morgan fingerprint density at radius 3 is 2.91 bits per heavy atom. The molecule has 4 aromatic rings. The minimum atomic E-state index is -0.339. The van der Waals surface area contributed by atoms with Crippen LogP contribution in [0, 0.1) is 11.7 Å². The number of anilines is 1. The van der Waals surface area contributed by atoms with Crippen LogP contribution in [0.5, 0.6) is 5.75 Å². The fourth-order valence-electron chi connectivity index (χ4n) is 4.44. The standard InChI is InChI=1S/C26H25FN4O3S/c1-34-20-9-4-8-19(14-20)31-25(33)23-22(11-13-35-23)29-26(31)30-12-5-7-18(16-30)24(32)28-15-17-6-2-3-10-21(17)27/h2-4,6,8-11,13-14,18H,5,7,12,15-16H2,1H3,(H,28,32)/t18-/m0/s1. The molecule has 35 heavy (non-hydrogen) atoms. The average molecular weight is 493 g/mol. The van der Waals surface area contributed by atoms with E-state index in [4.69, 9.17) is 9.72 Å². The smallest absolute Gasteiger partial charge is 0.277 e. The lowest BCUT2D eigenvalue weighted by Crippen LogP contribution is -2.45. The van der Waals surface area contributed by atoms with Gasteiger partial charge in [-0.3, -0.25) is 9.59 Å². The Labute approximate surface area is 205 Å². The fraction of sp³-hybridized carbons (Fsp3) is 0.269.